The van der Waals surface area contributed by atoms with Crippen molar-refractivity contribution < 1.29 is 19.1 Å². The summed E-state index contributed by atoms with van der Waals surface area (Å²) in [7, 11) is 0. The highest BCUT2D eigenvalue weighted by Crippen LogP contribution is 2.24. The first-order chi connectivity index (χ1) is 11.4. The molecule has 1 aliphatic rings. The fraction of sp³-hybridized carbons (Fsp3) is 0.263. The number of carbonyl (C=O) groups excluding carboxylic acids is 2. The molecule has 124 valence electrons. The van der Waals surface area contributed by atoms with Gasteiger partial charge < -0.3 is 9.47 Å². The van der Waals surface area contributed by atoms with Crippen molar-refractivity contribution >= 4 is 27.7 Å². The lowest BCUT2D eigenvalue weighted by Crippen LogP contribution is -2.27. The zero-order chi connectivity index (χ0) is 17.6. The monoisotopic (exact) mass is 388 g/mol. The zero-order valence-corrected chi connectivity index (χ0v) is 15.1. The van der Waals surface area contributed by atoms with Gasteiger partial charge in [0.2, 0.25) is 0 Å². The zero-order valence-electron chi connectivity index (χ0n) is 13.5. The first kappa shape index (κ1) is 18.2. The first-order valence-electron chi connectivity index (χ1n) is 7.35. The van der Waals surface area contributed by atoms with Crippen LogP contribution in [-0.4, -0.2) is 30.6 Å². The number of halogens is 1. The maximum absolute atomic E-state index is 11.8. The molecular formula is C19H17BrO4. The molecule has 24 heavy (non-hydrogen) atoms. The standard InChI is InChI=1S/C19H17BrO4/c1-14-5-7-15(8-6-14)18(22)23-11-3-4-12-24-19(2)10-9-17(21)16(20)13-19/h5-10,13H,11-12H2,1-2H3. The molecule has 5 heteroatoms. The van der Waals surface area contributed by atoms with E-state index in [1.54, 1.807) is 24.3 Å². The summed E-state index contributed by atoms with van der Waals surface area (Å²) < 4.78 is 11.2. The molecule has 1 atom stereocenters. The maximum Gasteiger partial charge on any atom is 0.339 e. The molecule has 1 aromatic carbocycles. The van der Waals surface area contributed by atoms with Crippen molar-refractivity contribution in [1.29, 1.82) is 0 Å². The van der Waals surface area contributed by atoms with E-state index in [-0.39, 0.29) is 19.0 Å². The average molecular weight is 389 g/mol. The second-order valence-corrected chi connectivity index (χ2v) is 6.31. The molecule has 0 saturated carbocycles. The van der Waals surface area contributed by atoms with E-state index in [0.29, 0.717) is 10.0 Å². The molecule has 0 fully saturated rings. The molecule has 1 aromatic rings. The number of esters is 1. The Balaban J connectivity index is 1.76. The van der Waals surface area contributed by atoms with Crippen LogP contribution in [-0.2, 0) is 14.3 Å². The van der Waals surface area contributed by atoms with Gasteiger partial charge in [0, 0.05) is 0 Å². The third-order valence-corrected chi connectivity index (χ3v) is 3.98. The molecular weight excluding hydrogens is 372 g/mol. The van der Waals surface area contributed by atoms with Gasteiger partial charge in [0.25, 0.3) is 0 Å². The van der Waals surface area contributed by atoms with E-state index in [4.69, 9.17) is 9.47 Å². The Morgan fingerprint density at radius 3 is 2.54 bits per heavy atom. The van der Waals surface area contributed by atoms with Crippen LogP contribution in [0.15, 0.2) is 47.0 Å². The second kappa shape index (κ2) is 8.09. The molecule has 0 spiro atoms. The minimum absolute atomic E-state index is 0.000638. The van der Waals surface area contributed by atoms with Crippen LogP contribution < -0.4 is 0 Å². The summed E-state index contributed by atoms with van der Waals surface area (Å²) in [6.45, 7) is 3.94. The fourth-order valence-corrected chi connectivity index (χ4v) is 2.54. The lowest BCUT2D eigenvalue weighted by molar-refractivity contribution is -0.111. The molecule has 0 amide bonds. The van der Waals surface area contributed by atoms with E-state index in [2.05, 4.69) is 27.8 Å². The van der Waals surface area contributed by atoms with Gasteiger partial charge in [-0.2, -0.15) is 0 Å². The Morgan fingerprint density at radius 1 is 1.21 bits per heavy atom. The molecule has 4 nitrogen and oxygen atoms in total. The van der Waals surface area contributed by atoms with Gasteiger partial charge >= 0.3 is 5.97 Å². The molecule has 0 aromatic heterocycles. The molecule has 1 aliphatic carbocycles. The van der Waals surface area contributed by atoms with E-state index < -0.39 is 11.6 Å². The van der Waals surface area contributed by atoms with Crippen LogP contribution in [0.5, 0.6) is 0 Å². The van der Waals surface area contributed by atoms with Crippen LogP contribution >= 0.6 is 15.9 Å². The summed E-state index contributed by atoms with van der Waals surface area (Å²) in [6.07, 6.45) is 4.83. The van der Waals surface area contributed by atoms with E-state index in [0.717, 1.165) is 5.56 Å². The first-order valence-corrected chi connectivity index (χ1v) is 8.14. The van der Waals surface area contributed by atoms with Crippen LogP contribution in [0.2, 0.25) is 0 Å². The van der Waals surface area contributed by atoms with Crippen LogP contribution in [0.25, 0.3) is 0 Å². The van der Waals surface area contributed by atoms with Gasteiger partial charge in [0.05, 0.1) is 10.0 Å². The molecule has 2 rings (SSSR count). The molecule has 0 aliphatic heterocycles. The maximum atomic E-state index is 11.8. The van der Waals surface area contributed by atoms with Gasteiger partial charge in [-0.3, -0.25) is 4.79 Å². The van der Waals surface area contributed by atoms with Crippen molar-refractivity contribution in [2.24, 2.45) is 0 Å². The number of hydrogen-bond donors (Lipinski definition) is 0. The van der Waals surface area contributed by atoms with Gasteiger partial charge in [-0.15, -0.1) is 0 Å². The number of allylic oxidation sites excluding steroid dienone is 2. The summed E-state index contributed by atoms with van der Waals surface area (Å²) in [5.74, 6) is 5.02. The van der Waals surface area contributed by atoms with Crippen molar-refractivity contribution in [1.82, 2.24) is 0 Å². The van der Waals surface area contributed by atoms with Gasteiger partial charge in [-0.1, -0.05) is 29.5 Å². The summed E-state index contributed by atoms with van der Waals surface area (Å²) in [4.78, 5) is 23.1. The fourth-order valence-electron chi connectivity index (χ4n) is 1.95. The third kappa shape index (κ3) is 5.19. The summed E-state index contributed by atoms with van der Waals surface area (Å²) in [5.41, 5.74) is 0.897. The Hall–Kier alpha value is -2.16. The van der Waals surface area contributed by atoms with Gasteiger partial charge in [-0.25, -0.2) is 4.79 Å². The number of aryl methyl sites for hydroxylation is 1. The van der Waals surface area contributed by atoms with Crippen molar-refractivity contribution in [2.45, 2.75) is 19.4 Å². The summed E-state index contributed by atoms with van der Waals surface area (Å²) >= 11 is 3.19. The molecule has 0 bridgehead atoms. The van der Waals surface area contributed by atoms with Crippen molar-refractivity contribution in [2.75, 3.05) is 13.2 Å². The van der Waals surface area contributed by atoms with Gasteiger partial charge in [0.1, 0.15) is 12.2 Å². The Bertz CT molecular complexity index is 750. The minimum atomic E-state index is -0.681. The van der Waals surface area contributed by atoms with E-state index in [1.165, 1.54) is 6.08 Å². The highest BCUT2D eigenvalue weighted by Gasteiger charge is 2.24. The van der Waals surface area contributed by atoms with Crippen molar-refractivity contribution in [3.05, 3.63) is 58.1 Å². The Labute approximate surface area is 149 Å². The highest BCUT2D eigenvalue weighted by atomic mass is 79.9. The van der Waals surface area contributed by atoms with Crippen LogP contribution in [0.3, 0.4) is 0 Å². The number of ketones is 1. The van der Waals surface area contributed by atoms with Crippen molar-refractivity contribution in [3.8, 4) is 11.8 Å². The third-order valence-electron chi connectivity index (χ3n) is 3.36. The largest absolute Gasteiger partial charge is 0.449 e. The number of carbonyl (C=O) groups is 2. The van der Waals surface area contributed by atoms with Crippen LogP contribution in [0.1, 0.15) is 22.8 Å². The number of hydrogen-bond acceptors (Lipinski definition) is 4. The number of benzene rings is 1. The van der Waals surface area contributed by atoms with E-state index in [9.17, 15) is 9.59 Å². The Morgan fingerprint density at radius 2 is 1.88 bits per heavy atom. The predicted octanol–water partition coefficient (Wildman–Crippen LogP) is 3.35. The van der Waals surface area contributed by atoms with Crippen LogP contribution in [0, 0.1) is 18.8 Å². The topological polar surface area (TPSA) is 52.6 Å². The van der Waals surface area contributed by atoms with Gasteiger partial charge in [0.15, 0.2) is 12.4 Å². The van der Waals surface area contributed by atoms with E-state index >= 15 is 0 Å². The van der Waals surface area contributed by atoms with Gasteiger partial charge in [-0.05, 0) is 60.1 Å². The highest BCUT2D eigenvalue weighted by molar-refractivity contribution is 9.12. The summed E-state index contributed by atoms with van der Waals surface area (Å²) in [5, 5.41) is 0. The normalized spacial score (nSPS) is 19.3. The molecule has 1 unspecified atom stereocenters. The van der Waals surface area contributed by atoms with E-state index in [1.807, 2.05) is 26.0 Å². The average Bonchev–Trinajstić information content (AvgIpc) is 2.55. The molecule has 0 radical (unpaired) electrons. The number of ether oxygens (including phenoxy) is 2. The Kier molecular flexibility index (Phi) is 6.13. The SMILES string of the molecule is Cc1ccc(C(=O)OCC#CCOC2(C)C=CC(=O)C(Br)=C2)cc1. The lowest BCUT2D eigenvalue weighted by Gasteiger charge is -2.24. The lowest BCUT2D eigenvalue weighted by atomic mass is 10.00. The number of rotatable bonds is 4. The quantitative estimate of drug-likeness (QED) is 0.586. The summed E-state index contributed by atoms with van der Waals surface area (Å²) in [6, 6.07) is 7.14. The molecule has 0 heterocycles. The van der Waals surface area contributed by atoms with Crippen LogP contribution in [0.4, 0.5) is 0 Å². The molecule has 0 N–H and O–H groups in total. The second-order valence-electron chi connectivity index (χ2n) is 5.46. The van der Waals surface area contributed by atoms with Crippen molar-refractivity contribution in [3.63, 3.8) is 0 Å². The molecule has 0 saturated heterocycles. The minimum Gasteiger partial charge on any atom is -0.449 e. The predicted molar refractivity (Wildman–Crippen MR) is 94.8 cm³/mol. The smallest absolute Gasteiger partial charge is 0.339 e.